The Hall–Kier alpha value is -3.21. The maximum atomic E-state index is 14.0. The predicted molar refractivity (Wildman–Crippen MR) is 132 cm³/mol. The van der Waals surface area contributed by atoms with Gasteiger partial charge in [-0.15, -0.1) is 0 Å². The number of carbonyl (C=O) groups excluding carboxylic acids is 1. The third-order valence-electron chi connectivity index (χ3n) is 8.65. The fraction of sp³-hybridized carbons (Fsp3) is 0.414. The Kier molecular flexibility index (Phi) is 4.80. The molecule has 2 bridgehead atoms. The molecular formula is C29H30N2O3. The van der Waals surface area contributed by atoms with Gasteiger partial charge in [0.1, 0.15) is 0 Å². The third-order valence-corrected chi connectivity index (χ3v) is 8.65. The van der Waals surface area contributed by atoms with Crippen LogP contribution in [0.15, 0.2) is 48.5 Å². The second kappa shape index (κ2) is 7.66. The van der Waals surface area contributed by atoms with Crippen molar-refractivity contribution >= 4 is 22.8 Å². The van der Waals surface area contributed by atoms with Gasteiger partial charge in [0, 0.05) is 16.5 Å². The molecule has 34 heavy (non-hydrogen) atoms. The van der Waals surface area contributed by atoms with Gasteiger partial charge in [0.05, 0.1) is 22.2 Å². The first-order valence-corrected chi connectivity index (χ1v) is 12.5. The standard InChI is InChI=1S/C29H30N2O3/c1-18-24(26(32)31-29-14-11-28(12-15-29,13-16-29)27(33)34)22-17-21(19-7-8-19)9-10-23(22)30-25(18)20-5-3-2-4-6-20/h2-6,9-10,17,19H,7-8,11-16H2,1H3,(H,31,32)(H,33,34). The van der Waals surface area contributed by atoms with E-state index in [1.807, 2.05) is 37.3 Å². The summed E-state index contributed by atoms with van der Waals surface area (Å²) >= 11 is 0. The molecule has 0 spiro atoms. The van der Waals surface area contributed by atoms with Crippen molar-refractivity contribution in [2.75, 3.05) is 0 Å². The van der Waals surface area contributed by atoms with Crippen LogP contribution in [0.5, 0.6) is 0 Å². The highest BCUT2D eigenvalue weighted by Gasteiger charge is 2.53. The summed E-state index contributed by atoms with van der Waals surface area (Å²) < 4.78 is 0. The molecule has 2 aromatic carbocycles. The van der Waals surface area contributed by atoms with Crippen molar-refractivity contribution in [2.24, 2.45) is 5.41 Å². The van der Waals surface area contributed by atoms with E-state index in [4.69, 9.17) is 4.98 Å². The van der Waals surface area contributed by atoms with Gasteiger partial charge in [-0.1, -0.05) is 36.4 Å². The van der Waals surface area contributed by atoms with Crippen molar-refractivity contribution in [1.29, 1.82) is 0 Å². The van der Waals surface area contributed by atoms with E-state index in [0.29, 0.717) is 30.7 Å². The van der Waals surface area contributed by atoms with Gasteiger partial charge in [-0.3, -0.25) is 9.59 Å². The maximum Gasteiger partial charge on any atom is 0.309 e. The van der Waals surface area contributed by atoms with Gasteiger partial charge in [-0.2, -0.15) is 0 Å². The van der Waals surface area contributed by atoms with Crippen LogP contribution >= 0.6 is 0 Å². The molecule has 174 valence electrons. The van der Waals surface area contributed by atoms with E-state index in [1.165, 1.54) is 18.4 Å². The number of fused-ring (bicyclic) bond motifs is 4. The lowest BCUT2D eigenvalue weighted by Gasteiger charge is -2.51. The molecule has 0 radical (unpaired) electrons. The zero-order chi connectivity index (χ0) is 23.5. The normalized spacial score (nSPS) is 25.9. The highest BCUT2D eigenvalue weighted by Crippen LogP contribution is 2.52. The zero-order valence-electron chi connectivity index (χ0n) is 19.6. The monoisotopic (exact) mass is 454 g/mol. The number of carbonyl (C=O) groups is 2. The fourth-order valence-electron chi connectivity index (χ4n) is 6.21. The number of aromatic nitrogens is 1. The third kappa shape index (κ3) is 3.41. The van der Waals surface area contributed by atoms with Crippen LogP contribution in [0.2, 0.25) is 0 Å². The summed E-state index contributed by atoms with van der Waals surface area (Å²) in [6.45, 7) is 2.00. The van der Waals surface area contributed by atoms with Gasteiger partial charge in [0.2, 0.25) is 0 Å². The molecule has 2 N–H and O–H groups in total. The zero-order valence-corrected chi connectivity index (χ0v) is 19.6. The van der Waals surface area contributed by atoms with Gasteiger partial charge < -0.3 is 10.4 Å². The number of nitrogens with one attached hydrogen (secondary N) is 1. The minimum Gasteiger partial charge on any atom is -0.481 e. The van der Waals surface area contributed by atoms with Crippen molar-refractivity contribution in [1.82, 2.24) is 10.3 Å². The first kappa shape index (κ1) is 21.3. The molecule has 0 atom stereocenters. The first-order valence-electron chi connectivity index (χ1n) is 12.5. The molecule has 1 aromatic heterocycles. The molecule has 4 aliphatic carbocycles. The second-order valence-corrected chi connectivity index (χ2v) is 10.7. The van der Waals surface area contributed by atoms with Gasteiger partial charge in [0.15, 0.2) is 0 Å². The number of pyridine rings is 1. The van der Waals surface area contributed by atoms with Crippen LogP contribution in [0.1, 0.15) is 78.8 Å². The lowest BCUT2D eigenvalue weighted by molar-refractivity contribution is -0.156. The summed E-state index contributed by atoms with van der Waals surface area (Å²) in [6.07, 6.45) is 6.51. The van der Waals surface area contributed by atoms with Crippen LogP contribution in [-0.4, -0.2) is 27.5 Å². The molecule has 4 fully saturated rings. The molecule has 1 amide bonds. The Morgan fingerprint density at radius 1 is 0.971 bits per heavy atom. The fourth-order valence-corrected chi connectivity index (χ4v) is 6.21. The Balaban J connectivity index is 1.42. The molecule has 0 unspecified atom stereocenters. The van der Waals surface area contributed by atoms with Crippen molar-refractivity contribution < 1.29 is 14.7 Å². The van der Waals surface area contributed by atoms with Crippen LogP contribution in [0.4, 0.5) is 0 Å². The van der Waals surface area contributed by atoms with E-state index in [2.05, 4.69) is 23.5 Å². The number of hydrogen-bond donors (Lipinski definition) is 2. The van der Waals surface area contributed by atoms with Gasteiger partial charge in [-0.25, -0.2) is 4.98 Å². The Bertz CT molecular complexity index is 1290. The van der Waals surface area contributed by atoms with E-state index in [1.54, 1.807) is 0 Å². The summed E-state index contributed by atoms with van der Waals surface area (Å²) in [4.78, 5) is 30.8. The quantitative estimate of drug-likeness (QED) is 0.496. The minimum atomic E-state index is -0.678. The molecular weight excluding hydrogens is 424 g/mol. The smallest absolute Gasteiger partial charge is 0.309 e. The van der Waals surface area contributed by atoms with E-state index in [0.717, 1.165) is 47.0 Å². The Morgan fingerprint density at radius 2 is 1.65 bits per heavy atom. The second-order valence-electron chi connectivity index (χ2n) is 10.7. The molecule has 3 aromatic rings. The Labute approximate surface area is 199 Å². The van der Waals surface area contributed by atoms with Gasteiger partial charge in [-0.05, 0) is 87.5 Å². The van der Waals surface area contributed by atoms with Crippen LogP contribution in [0, 0.1) is 12.3 Å². The molecule has 4 saturated carbocycles. The molecule has 7 rings (SSSR count). The van der Waals surface area contributed by atoms with Crippen LogP contribution in [0.3, 0.4) is 0 Å². The number of rotatable bonds is 5. The number of nitrogens with zero attached hydrogens (tertiary/aromatic N) is 1. The number of carboxylic acids is 1. The van der Waals surface area contributed by atoms with Crippen molar-refractivity contribution in [3.8, 4) is 11.3 Å². The van der Waals surface area contributed by atoms with E-state index in [-0.39, 0.29) is 11.4 Å². The first-order chi connectivity index (χ1) is 16.4. The van der Waals surface area contributed by atoms with E-state index < -0.39 is 11.4 Å². The predicted octanol–water partition coefficient (Wildman–Crippen LogP) is 6.00. The number of hydrogen-bond acceptors (Lipinski definition) is 3. The molecule has 0 aliphatic heterocycles. The van der Waals surface area contributed by atoms with Crippen molar-refractivity contribution in [2.45, 2.75) is 69.7 Å². The number of benzene rings is 2. The molecule has 1 heterocycles. The number of aliphatic carboxylic acids is 1. The average Bonchev–Trinajstić information content (AvgIpc) is 3.70. The highest BCUT2D eigenvalue weighted by atomic mass is 16.4. The SMILES string of the molecule is Cc1c(-c2ccccc2)nc2ccc(C3CC3)cc2c1C(=O)NC12CCC(C(=O)O)(CC1)CC2. The van der Waals surface area contributed by atoms with Crippen LogP contribution in [0.25, 0.3) is 22.2 Å². The maximum absolute atomic E-state index is 14.0. The summed E-state index contributed by atoms with van der Waals surface area (Å²) in [7, 11) is 0. The summed E-state index contributed by atoms with van der Waals surface area (Å²) in [6, 6.07) is 16.4. The number of amides is 1. The summed E-state index contributed by atoms with van der Waals surface area (Å²) in [5.74, 6) is -0.142. The lowest BCUT2D eigenvalue weighted by atomic mass is 9.57. The molecule has 5 nitrogen and oxygen atoms in total. The lowest BCUT2D eigenvalue weighted by Crippen LogP contribution is -2.58. The minimum absolute atomic E-state index is 0.0558. The highest BCUT2D eigenvalue weighted by molar-refractivity contribution is 6.09. The van der Waals surface area contributed by atoms with Crippen molar-refractivity contribution in [3.63, 3.8) is 0 Å². The topological polar surface area (TPSA) is 79.3 Å². The Morgan fingerprint density at radius 3 is 2.26 bits per heavy atom. The average molecular weight is 455 g/mol. The molecule has 5 heteroatoms. The van der Waals surface area contributed by atoms with Crippen LogP contribution < -0.4 is 5.32 Å². The summed E-state index contributed by atoms with van der Waals surface area (Å²) in [5, 5.41) is 14.1. The van der Waals surface area contributed by atoms with Gasteiger partial charge in [0.25, 0.3) is 5.91 Å². The van der Waals surface area contributed by atoms with Gasteiger partial charge >= 0.3 is 5.97 Å². The summed E-state index contributed by atoms with van der Waals surface area (Å²) in [5.41, 5.74) is 4.68. The molecule has 4 aliphatic rings. The number of carboxylic acid groups (broad SMARTS) is 1. The molecule has 0 saturated heterocycles. The largest absolute Gasteiger partial charge is 0.481 e. The van der Waals surface area contributed by atoms with E-state index in [9.17, 15) is 14.7 Å². The van der Waals surface area contributed by atoms with Crippen molar-refractivity contribution in [3.05, 3.63) is 65.2 Å². The van der Waals surface area contributed by atoms with E-state index >= 15 is 0 Å². The van der Waals surface area contributed by atoms with Crippen LogP contribution in [-0.2, 0) is 4.79 Å².